The van der Waals surface area contributed by atoms with Gasteiger partial charge in [-0.2, -0.15) is 0 Å². The molecule has 7 heteroatoms. The first-order valence-corrected chi connectivity index (χ1v) is 8.49. The van der Waals surface area contributed by atoms with Crippen LogP contribution >= 0.6 is 0 Å². The second-order valence-electron chi connectivity index (χ2n) is 6.38. The van der Waals surface area contributed by atoms with Crippen LogP contribution in [0, 0.1) is 0 Å². The first-order valence-electron chi connectivity index (χ1n) is 8.49. The van der Waals surface area contributed by atoms with E-state index in [0.29, 0.717) is 37.4 Å². The zero-order valence-corrected chi connectivity index (χ0v) is 15.3. The molecule has 3 amide bonds. The smallest absolute Gasteiger partial charge is 0.315 e. The molecule has 2 rings (SSSR count). The number of ether oxygens (including phenoxy) is 2. The van der Waals surface area contributed by atoms with Crippen LogP contribution in [0.25, 0.3) is 0 Å². The maximum absolute atomic E-state index is 12.0. The SMILES string of the molecule is COc1ccc(CCNC(=O)NC2CC(=O)N(C(C)C)C2)cc1OC. The largest absolute Gasteiger partial charge is 0.493 e. The Morgan fingerprint density at radius 1 is 1.28 bits per heavy atom. The lowest BCUT2D eigenvalue weighted by atomic mass is 10.1. The summed E-state index contributed by atoms with van der Waals surface area (Å²) in [5.74, 6) is 1.44. The van der Waals surface area contributed by atoms with Crippen LogP contribution in [0.15, 0.2) is 18.2 Å². The van der Waals surface area contributed by atoms with E-state index in [1.54, 1.807) is 19.1 Å². The number of likely N-dealkylation sites (tertiary alicyclic amines) is 1. The molecule has 25 heavy (non-hydrogen) atoms. The van der Waals surface area contributed by atoms with Crippen LogP contribution in [0.2, 0.25) is 0 Å². The summed E-state index contributed by atoms with van der Waals surface area (Å²) in [6, 6.07) is 5.47. The molecule has 1 atom stereocenters. The van der Waals surface area contributed by atoms with Crippen LogP contribution in [0.5, 0.6) is 11.5 Å². The van der Waals surface area contributed by atoms with Crippen LogP contribution in [-0.2, 0) is 11.2 Å². The molecule has 7 nitrogen and oxygen atoms in total. The fourth-order valence-corrected chi connectivity index (χ4v) is 2.92. The number of nitrogens with zero attached hydrogens (tertiary/aromatic N) is 1. The first kappa shape index (κ1) is 18.9. The molecule has 0 spiro atoms. The van der Waals surface area contributed by atoms with E-state index in [2.05, 4.69) is 10.6 Å². The van der Waals surface area contributed by atoms with E-state index in [1.807, 2.05) is 32.0 Å². The number of urea groups is 1. The number of hydrogen-bond acceptors (Lipinski definition) is 4. The molecule has 0 bridgehead atoms. The molecular weight excluding hydrogens is 322 g/mol. The minimum absolute atomic E-state index is 0.0885. The van der Waals surface area contributed by atoms with Crippen LogP contribution in [0.4, 0.5) is 4.79 Å². The van der Waals surface area contributed by atoms with Crippen molar-refractivity contribution in [2.45, 2.75) is 38.8 Å². The van der Waals surface area contributed by atoms with Crippen molar-refractivity contribution in [3.63, 3.8) is 0 Å². The zero-order valence-electron chi connectivity index (χ0n) is 15.3. The molecule has 1 aromatic carbocycles. The molecule has 1 saturated heterocycles. The molecule has 1 unspecified atom stereocenters. The Morgan fingerprint density at radius 2 is 2.00 bits per heavy atom. The van der Waals surface area contributed by atoms with Gasteiger partial charge in [-0.15, -0.1) is 0 Å². The second-order valence-corrected chi connectivity index (χ2v) is 6.38. The zero-order chi connectivity index (χ0) is 18.4. The highest BCUT2D eigenvalue weighted by Gasteiger charge is 2.31. The van der Waals surface area contributed by atoms with Crippen LogP contribution < -0.4 is 20.1 Å². The Hall–Kier alpha value is -2.44. The minimum atomic E-state index is -0.246. The second kappa shape index (κ2) is 8.60. The van der Waals surface area contributed by atoms with Gasteiger partial charge < -0.3 is 25.0 Å². The summed E-state index contributed by atoms with van der Waals surface area (Å²) in [5, 5.41) is 5.70. The van der Waals surface area contributed by atoms with Crippen molar-refractivity contribution in [1.29, 1.82) is 0 Å². The lowest BCUT2D eigenvalue weighted by Crippen LogP contribution is -2.44. The van der Waals surface area contributed by atoms with E-state index in [4.69, 9.17) is 9.47 Å². The number of rotatable bonds is 7. The normalized spacial score (nSPS) is 16.9. The standard InChI is InChI=1S/C18H27N3O4/c1-12(2)21-11-14(10-17(21)22)20-18(23)19-8-7-13-5-6-15(24-3)16(9-13)25-4/h5-6,9,12,14H,7-8,10-11H2,1-4H3,(H2,19,20,23). The molecule has 2 N–H and O–H groups in total. The Morgan fingerprint density at radius 3 is 2.60 bits per heavy atom. The summed E-state index contributed by atoms with van der Waals surface area (Å²) in [5.41, 5.74) is 1.04. The van der Waals surface area contributed by atoms with Crippen molar-refractivity contribution in [2.24, 2.45) is 0 Å². The van der Waals surface area contributed by atoms with Gasteiger partial charge in [-0.1, -0.05) is 6.07 Å². The molecule has 138 valence electrons. The maximum atomic E-state index is 12.0. The number of benzene rings is 1. The minimum Gasteiger partial charge on any atom is -0.493 e. The third-order valence-electron chi connectivity index (χ3n) is 4.26. The maximum Gasteiger partial charge on any atom is 0.315 e. The quantitative estimate of drug-likeness (QED) is 0.783. The molecule has 1 aromatic rings. The van der Waals surface area contributed by atoms with Crippen molar-refractivity contribution in [1.82, 2.24) is 15.5 Å². The topological polar surface area (TPSA) is 79.9 Å². The third kappa shape index (κ3) is 5.01. The summed E-state index contributed by atoms with van der Waals surface area (Å²) in [6.07, 6.45) is 1.04. The van der Waals surface area contributed by atoms with E-state index in [-0.39, 0.29) is 24.0 Å². The van der Waals surface area contributed by atoms with Crippen molar-refractivity contribution < 1.29 is 19.1 Å². The van der Waals surface area contributed by atoms with Gasteiger partial charge in [-0.05, 0) is 38.0 Å². The highest BCUT2D eigenvalue weighted by atomic mass is 16.5. The van der Waals surface area contributed by atoms with E-state index in [9.17, 15) is 9.59 Å². The average Bonchev–Trinajstić information content (AvgIpc) is 2.95. The molecule has 1 heterocycles. The summed E-state index contributed by atoms with van der Waals surface area (Å²) in [6.45, 7) is 5.02. The van der Waals surface area contributed by atoms with E-state index in [1.165, 1.54) is 0 Å². The predicted octanol–water partition coefficient (Wildman–Crippen LogP) is 1.55. The van der Waals surface area contributed by atoms with Gasteiger partial charge in [0.25, 0.3) is 0 Å². The molecule has 0 radical (unpaired) electrons. The van der Waals surface area contributed by atoms with Crippen molar-refractivity contribution in [2.75, 3.05) is 27.3 Å². The number of amides is 3. The number of carbonyl (C=O) groups is 2. The van der Waals surface area contributed by atoms with Gasteiger partial charge in [-0.3, -0.25) is 4.79 Å². The Labute approximate surface area is 148 Å². The molecule has 0 saturated carbocycles. The Bertz CT molecular complexity index is 618. The van der Waals surface area contributed by atoms with Gasteiger partial charge in [0.1, 0.15) is 0 Å². The summed E-state index contributed by atoms with van der Waals surface area (Å²) >= 11 is 0. The first-order chi connectivity index (χ1) is 11.9. The summed E-state index contributed by atoms with van der Waals surface area (Å²) in [4.78, 5) is 25.6. The van der Waals surface area contributed by atoms with E-state index < -0.39 is 0 Å². The predicted molar refractivity (Wildman–Crippen MR) is 95.0 cm³/mol. The van der Waals surface area contributed by atoms with Crippen molar-refractivity contribution in [3.05, 3.63) is 23.8 Å². The molecule has 1 fully saturated rings. The van der Waals surface area contributed by atoms with Gasteiger partial charge in [0, 0.05) is 25.6 Å². The van der Waals surface area contributed by atoms with Gasteiger partial charge in [0.2, 0.25) is 5.91 Å². The van der Waals surface area contributed by atoms with Gasteiger partial charge in [0.15, 0.2) is 11.5 Å². The van der Waals surface area contributed by atoms with Gasteiger partial charge in [0.05, 0.1) is 20.3 Å². The monoisotopic (exact) mass is 349 g/mol. The molecule has 1 aliphatic heterocycles. The number of methoxy groups -OCH3 is 2. The Kier molecular flexibility index (Phi) is 6.50. The lowest BCUT2D eigenvalue weighted by Gasteiger charge is -2.21. The Balaban J connectivity index is 1.77. The fourth-order valence-electron chi connectivity index (χ4n) is 2.92. The van der Waals surface area contributed by atoms with Crippen LogP contribution in [0.3, 0.4) is 0 Å². The summed E-state index contributed by atoms with van der Waals surface area (Å²) in [7, 11) is 3.19. The van der Waals surface area contributed by atoms with Crippen LogP contribution in [-0.4, -0.2) is 56.2 Å². The average molecular weight is 349 g/mol. The number of carbonyl (C=O) groups excluding carboxylic acids is 2. The molecule has 0 aromatic heterocycles. The number of hydrogen-bond donors (Lipinski definition) is 2. The molecule has 1 aliphatic rings. The van der Waals surface area contributed by atoms with E-state index in [0.717, 1.165) is 5.56 Å². The lowest BCUT2D eigenvalue weighted by molar-refractivity contribution is -0.129. The molecule has 0 aliphatic carbocycles. The van der Waals surface area contributed by atoms with Gasteiger partial charge >= 0.3 is 6.03 Å². The fraction of sp³-hybridized carbons (Fsp3) is 0.556. The molecular formula is C18H27N3O4. The van der Waals surface area contributed by atoms with Gasteiger partial charge in [-0.25, -0.2) is 4.79 Å². The van der Waals surface area contributed by atoms with Crippen molar-refractivity contribution in [3.8, 4) is 11.5 Å². The van der Waals surface area contributed by atoms with Crippen molar-refractivity contribution >= 4 is 11.9 Å². The highest BCUT2D eigenvalue weighted by Crippen LogP contribution is 2.27. The van der Waals surface area contributed by atoms with Crippen LogP contribution in [0.1, 0.15) is 25.8 Å². The summed E-state index contributed by atoms with van der Waals surface area (Å²) < 4.78 is 10.5. The third-order valence-corrected chi connectivity index (χ3v) is 4.26. The number of nitrogens with one attached hydrogen (secondary N) is 2. The highest BCUT2D eigenvalue weighted by molar-refractivity contribution is 5.81. The van der Waals surface area contributed by atoms with E-state index >= 15 is 0 Å².